The van der Waals surface area contributed by atoms with E-state index in [4.69, 9.17) is 0 Å². The average molecular weight is 254 g/mol. The first kappa shape index (κ1) is 15.3. The van der Waals surface area contributed by atoms with Crippen molar-refractivity contribution in [3.63, 3.8) is 0 Å². The minimum absolute atomic E-state index is 0.331. The van der Waals surface area contributed by atoms with E-state index < -0.39 is 0 Å². The number of nitrogens with zero attached hydrogens (tertiary/aromatic N) is 1. The summed E-state index contributed by atoms with van der Waals surface area (Å²) in [5.41, 5.74) is 0. The molecule has 1 aliphatic heterocycles. The summed E-state index contributed by atoms with van der Waals surface area (Å²) in [6.45, 7) is 11.9. The second-order valence-corrected chi connectivity index (χ2v) is 5.78. The van der Waals surface area contributed by atoms with Gasteiger partial charge in [0, 0.05) is 18.6 Å². The fourth-order valence-corrected chi connectivity index (χ4v) is 2.23. The first-order valence-electron chi connectivity index (χ1n) is 7.37. The van der Waals surface area contributed by atoms with E-state index in [0.717, 1.165) is 18.4 Å². The Bertz CT molecular complexity index is 242. The van der Waals surface area contributed by atoms with Gasteiger partial charge in [-0.15, -0.1) is 0 Å². The van der Waals surface area contributed by atoms with Gasteiger partial charge >= 0.3 is 0 Å². The third-order valence-electron chi connectivity index (χ3n) is 3.12. The molecular weight excluding hydrogens is 224 g/mol. The van der Waals surface area contributed by atoms with Gasteiger partial charge in [-0.3, -0.25) is 4.99 Å². The van der Waals surface area contributed by atoms with Crippen molar-refractivity contribution in [3.05, 3.63) is 0 Å². The molecule has 1 rings (SSSR count). The molecule has 0 aromatic carbocycles. The lowest BCUT2D eigenvalue weighted by Gasteiger charge is -2.23. The van der Waals surface area contributed by atoms with Gasteiger partial charge in [-0.05, 0) is 66.0 Å². The van der Waals surface area contributed by atoms with Gasteiger partial charge in [-0.2, -0.15) is 0 Å². The first-order valence-corrected chi connectivity index (χ1v) is 7.37. The van der Waals surface area contributed by atoms with Crippen molar-refractivity contribution in [2.24, 2.45) is 10.9 Å². The molecular formula is C14H30N4. The fourth-order valence-electron chi connectivity index (χ4n) is 2.23. The van der Waals surface area contributed by atoms with E-state index in [1.54, 1.807) is 0 Å². The number of nitrogens with one attached hydrogen (secondary N) is 3. The zero-order valence-electron chi connectivity index (χ0n) is 12.4. The molecule has 0 saturated carbocycles. The average Bonchev–Trinajstić information content (AvgIpc) is 2.28. The molecule has 1 heterocycles. The van der Waals surface area contributed by atoms with Gasteiger partial charge in [0.1, 0.15) is 0 Å². The molecule has 0 unspecified atom stereocenters. The van der Waals surface area contributed by atoms with Gasteiger partial charge in [0.2, 0.25) is 0 Å². The molecule has 4 nitrogen and oxygen atoms in total. The molecule has 0 radical (unpaired) electrons. The standard InChI is InChI=1S/C14H30N4/c1-11(2)17-14(18-12(3)4)16-10-7-13-5-8-15-9-6-13/h11-13,15H,5-10H2,1-4H3,(H2,16,17,18). The van der Waals surface area contributed by atoms with Crippen molar-refractivity contribution in [2.45, 2.75) is 59.0 Å². The highest BCUT2D eigenvalue weighted by atomic mass is 15.2. The molecule has 0 bridgehead atoms. The highest BCUT2D eigenvalue weighted by molar-refractivity contribution is 5.80. The summed E-state index contributed by atoms with van der Waals surface area (Å²) >= 11 is 0. The summed E-state index contributed by atoms with van der Waals surface area (Å²) in [6.07, 6.45) is 3.88. The van der Waals surface area contributed by atoms with Crippen molar-refractivity contribution in [1.29, 1.82) is 0 Å². The summed E-state index contributed by atoms with van der Waals surface area (Å²) in [6, 6.07) is 0.756. The van der Waals surface area contributed by atoms with Crippen molar-refractivity contribution in [2.75, 3.05) is 19.6 Å². The second kappa shape index (κ2) is 8.35. The van der Waals surface area contributed by atoms with E-state index in [-0.39, 0.29) is 0 Å². The van der Waals surface area contributed by atoms with E-state index in [2.05, 4.69) is 48.6 Å². The molecule has 0 amide bonds. The highest BCUT2D eigenvalue weighted by Crippen LogP contribution is 2.14. The maximum absolute atomic E-state index is 4.58. The summed E-state index contributed by atoms with van der Waals surface area (Å²) in [5.74, 6) is 1.83. The highest BCUT2D eigenvalue weighted by Gasteiger charge is 2.12. The van der Waals surface area contributed by atoms with Crippen LogP contribution in [0.25, 0.3) is 0 Å². The van der Waals surface area contributed by atoms with E-state index in [1.807, 2.05) is 0 Å². The van der Waals surface area contributed by atoms with Crippen LogP contribution in [-0.4, -0.2) is 37.7 Å². The van der Waals surface area contributed by atoms with Crippen molar-refractivity contribution in [3.8, 4) is 0 Å². The minimum atomic E-state index is 0.331. The van der Waals surface area contributed by atoms with Crippen molar-refractivity contribution < 1.29 is 0 Å². The Balaban J connectivity index is 2.27. The fraction of sp³-hybridized carbons (Fsp3) is 0.929. The smallest absolute Gasteiger partial charge is 0.191 e. The SMILES string of the molecule is CC(C)/N=C(/NCCC1CCNCC1)NC(C)C. The van der Waals surface area contributed by atoms with Crippen LogP contribution in [0.3, 0.4) is 0 Å². The summed E-state index contributed by atoms with van der Waals surface area (Å²) in [7, 11) is 0. The lowest BCUT2D eigenvalue weighted by Crippen LogP contribution is -2.42. The van der Waals surface area contributed by atoms with E-state index in [1.165, 1.54) is 32.4 Å². The second-order valence-electron chi connectivity index (χ2n) is 5.78. The van der Waals surface area contributed by atoms with Crippen molar-refractivity contribution in [1.82, 2.24) is 16.0 Å². The molecule has 0 aromatic rings. The number of hydrogen-bond donors (Lipinski definition) is 3. The summed E-state index contributed by atoms with van der Waals surface area (Å²) < 4.78 is 0. The molecule has 3 N–H and O–H groups in total. The number of guanidine groups is 1. The quantitative estimate of drug-likeness (QED) is 0.517. The maximum Gasteiger partial charge on any atom is 0.191 e. The Hall–Kier alpha value is -0.770. The van der Waals surface area contributed by atoms with Gasteiger partial charge < -0.3 is 16.0 Å². The Labute approximate surface area is 112 Å². The van der Waals surface area contributed by atoms with Gasteiger partial charge in [-0.25, -0.2) is 0 Å². The molecule has 1 fully saturated rings. The third-order valence-corrected chi connectivity index (χ3v) is 3.12. The van der Waals surface area contributed by atoms with E-state index in [0.29, 0.717) is 12.1 Å². The minimum Gasteiger partial charge on any atom is -0.356 e. The Morgan fingerprint density at radius 1 is 1.22 bits per heavy atom. The maximum atomic E-state index is 4.58. The molecule has 4 heteroatoms. The lowest BCUT2D eigenvalue weighted by molar-refractivity contribution is 0.354. The zero-order chi connectivity index (χ0) is 13.4. The van der Waals surface area contributed by atoms with E-state index in [9.17, 15) is 0 Å². The molecule has 18 heavy (non-hydrogen) atoms. The Morgan fingerprint density at radius 3 is 2.44 bits per heavy atom. The predicted molar refractivity (Wildman–Crippen MR) is 79.1 cm³/mol. The van der Waals surface area contributed by atoms with Crippen LogP contribution >= 0.6 is 0 Å². The monoisotopic (exact) mass is 254 g/mol. The molecule has 0 atom stereocenters. The summed E-state index contributed by atoms with van der Waals surface area (Å²) in [4.78, 5) is 4.58. The van der Waals surface area contributed by atoms with Crippen LogP contribution in [0.4, 0.5) is 0 Å². The first-order chi connectivity index (χ1) is 8.58. The topological polar surface area (TPSA) is 48.5 Å². The van der Waals surface area contributed by atoms with Gasteiger partial charge in [0.25, 0.3) is 0 Å². The largest absolute Gasteiger partial charge is 0.356 e. The molecule has 0 aliphatic carbocycles. The van der Waals surface area contributed by atoms with Gasteiger partial charge in [-0.1, -0.05) is 0 Å². The van der Waals surface area contributed by atoms with Crippen LogP contribution in [0.2, 0.25) is 0 Å². The predicted octanol–water partition coefficient (Wildman–Crippen LogP) is 1.73. The number of hydrogen-bond acceptors (Lipinski definition) is 2. The van der Waals surface area contributed by atoms with Crippen LogP contribution < -0.4 is 16.0 Å². The molecule has 1 saturated heterocycles. The molecule has 1 aliphatic rings. The van der Waals surface area contributed by atoms with Crippen LogP contribution in [-0.2, 0) is 0 Å². The van der Waals surface area contributed by atoms with Gasteiger partial charge in [0.15, 0.2) is 5.96 Å². The normalized spacial score (nSPS) is 18.4. The zero-order valence-corrected chi connectivity index (χ0v) is 12.4. The van der Waals surface area contributed by atoms with Crippen LogP contribution in [0.5, 0.6) is 0 Å². The third kappa shape index (κ3) is 6.84. The molecule has 0 aromatic heterocycles. The van der Waals surface area contributed by atoms with Crippen LogP contribution in [0.1, 0.15) is 47.0 Å². The van der Waals surface area contributed by atoms with E-state index >= 15 is 0 Å². The number of piperidine rings is 1. The molecule has 0 spiro atoms. The Morgan fingerprint density at radius 2 is 1.89 bits per heavy atom. The number of rotatable bonds is 5. The van der Waals surface area contributed by atoms with Crippen LogP contribution in [0.15, 0.2) is 4.99 Å². The van der Waals surface area contributed by atoms with Gasteiger partial charge in [0.05, 0.1) is 0 Å². The van der Waals surface area contributed by atoms with Crippen LogP contribution in [0, 0.1) is 5.92 Å². The Kier molecular flexibility index (Phi) is 7.09. The van der Waals surface area contributed by atoms with Crippen molar-refractivity contribution >= 4 is 5.96 Å². The summed E-state index contributed by atoms with van der Waals surface area (Å²) in [5, 5.41) is 10.2. The molecule has 106 valence electrons. The number of aliphatic imine (C=N–C) groups is 1. The lowest BCUT2D eigenvalue weighted by atomic mass is 9.95.